The Bertz CT molecular complexity index is 626. The van der Waals surface area contributed by atoms with Crippen LogP contribution >= 0.6 is 0 Å². The number of hydrogen-bond donors (Lipinski definition) is 0. The fourth-order valence-electron chi connectivity index (χ4n) is 1.76. The average Bonchev–Trinajstić information content (AvgIpc) is 2.37. The molecule has 86 valence electrons. The molecule has 0 aliphatic carbocycles. The van der Waals surface area contributed by atoms with Crippen LogP contribution in [-0.4, -0.2) is 11.1 Å². The summed E-state index contributed by atoms with van der Waals surface area (Å²) in [5, 5.41) is 5.11. The van der Waals surface area contributed by atoms with Crippen LogP contribution in [0, 0.1) is 0 Å². The lowest BCUT2D eigenvalue weighted by Crippen LogP contribution is -2.19. The summed E-state index contributed by atoms with van der Waals surface area (Å²) in [6.45, 7) is 0.985. The van der Waals surface area contributed by atoms with E-state index in [1.165, 1.54) is 0 Å². The monoisotopic (exact) mass is 228 g/mol. The second kappa shape index (κ2) is 5.18. The smallest absolute Gasteiger partial charge is 0.258 e. The third kappa shape index (κ3) is 2.46. The van der Waals surface area contributed by atoms with E-state index >= 15 is 0 Å². The van der Waals surface area contributed by atoms with Crippen molar-refractivity contribution in [3.8, 4) is 0 Å². The zero-order valence-corrected chi connectivity index (χ0v) is 9.28. The lowest BCUT2D eigenvalue weighted by molar-refractivity contribution is 0.633. The van der Waals surface area contributed by atoms with Crippen molar-refractivity contribution in [2.24, 2.45) is 5.11 Å². The molecular formula is C12H12N4O. The number of azide groups is 1. The van der Waals surface area contributed by atoms with Gasteiger partial charge in [0.05, 0.1) is 0 Å². The Morgan fingerprint density at radius 2 is 2.12 bits per heavy atom. The predicted molar refractivity (Wildman–Crippen MR) is 66.8 cm³/mol. The fourth-order valence-corrected chi connectivity index (χ4v) is 1.76. The molecule has 0 bridgehead atoms. The highest BCUT2D eigenvalue weighted by molar-refractivity contribution is 5.81. The van der Waals surface area contributed by atoms with E-state index in [-0.39, 0.29) is 5.56 Å². The van der Waals surface area contributed by atoms with Crippen LogP contribution in [0.3, 0.4) is 0 Å². The molecule has 0 radical (unpaired) electrons. The molecule has 5 heteroatoms. The summed E-state index contributed by atoms with van der Waals surface area (Å²) >= 11 is 0. The Morgan fingerprint density at radius 1 is 1.29 bits per heavy atom. The van der Waals surface area contributed by atoms with E-state index < -0.39 is 0 Å². The Morgan fingerprint density at radius 3 is 2.94 bits per heavy atom. The molecule has 0 fully saturated rings. The lowest BCUT2D eigenvalue weighted by atomic mass is 10.2. The van der Waals surface area contributed by atoms with E-state index in [1.54, 1.807) is 10.8 Å². The van der Waals surface area contributed by atoms with Crippen molar-refractivity contribution in [3.63, 3.8) is 0 Å². The lowest BCUT2D eigenvalue weighted by Gasteiger charge is -2.05. The molecule has 0 amide bonds. The van der Waals surface area contributed by atoms with Crippen LogP contribution < -0.4 is 5.56 Å². The SMILES string of the molecule is [N-]=[N+]=NCCCn1ccc2ccccc2c1=O. The molecule has 17 heavy (non-hydrogen) atoms. The maximum absolute atomic E-state index is 12.1. The number of hydrogen-bond acceptors (Lipinski definition) is 2. The van der Waals surface area contributed by atoms with Crippen molar-refractivity contribution in [2.75, 3.05) is 6.54 Å². The number of nitrogens with zero attached hydrogens (tertiary/aromatic N) is 4. The van der Waals surface area contributed by atoms with Crippen molar-refractivity contribution in [3.05, 3.63) is 57.3 Å². The molecule has 0 saturated carbocycles. The molecule has 0 atom stereocenters. The first-order valence-corrected chi connectivity index (χ1v) is 5.42. The molecule has 0 spiro atoms. The molecule has 0 unspecified atom stereocenters. The maximum Gasteiger partial charge on any atom is 0.258 e. The molecule has 5 nitrogen and oxygen atoms in total. The molecule has 0 aliphatic rings. The zero-order chi connectivity index (χ0) is 12.1. The van der Waals surface area contributed by atoms with Gasteiger partial charge in [0.1, 0.15) is 0 Å². The summed E-state index contributed by atoms with van der Waals surface area (Å²) < 4.78 is 1.65. The molecule has 1 heterocycles. The zero-order valence-electron chi connectivity index (χ0n) is 9.28. The van der Waals surface area contributed by atoms with Gasteiger partial charge in [-0.1, -0.05) is 23.3 Å². The number of fused-ring (bicyclic) bond motifs is 1. The van der Waals surface area contributed by atoms with Crippen molar-refractivity contribution < 1.29 is 0 Å². The Balaban J connectivity index is 2.27. The molecule has 1 aromatic heterocycles. The Labute approximate surface area is 97.9 Å². The van der Waals surface area contributed by atoms with Gasteiger partial charge in [-0.05, 0) is 29.5 Å². The molecule has 2 rings (SSSR count). The van der Waals surface area contributed by atoms with Gasteiger partial charge >= 0.3 is 0 Å². The average molecular weight is 228 g/mol. The van der Waals surface area contributed by atoms with Crippen LogP contribution in [0.4, 0.5) is 0 Å². The quantitative estimate of drug-likeness (QED) is 0.343. The van der Waals surface area contributed by atoms with Gasteiger partial charge in [0.25, 0.3) is 5.56 Å². The van der Waals surface area contributed by atoms with Gasteiger partial charge in [-0.25, -0.2) is 0 Å². The summed E-state index contributed by atoms with van der Waals surface area (Å²) in [5.41, 5.74) is 8.15. The van der Waals surface area contributed by atoms with Crippen molar-refractivity contribution in [2.45, 2.75) is 13.0 Å². The molecule has 0 aliphatic heterocycles. The highest BCUT2D eigenvalue weighted by Crippen LogP contribution is 2.08. The van der Waals surface area contributed by atoms with Crippen LogP contribution in [-0.2, 0) is 6.54 Å². The molecule has 0 saturated heterocycles. The van der Waals surface area contributed by atoms with Crippen LogP contribution in [0.25, 0.3) is 21.2 Å². The van der Waals surface area contributed by atoms with Crippen molar-refractivity contribution in [1.82, 2.24) is 4.57 Å². The summed E-state index contributed by atoms with van der Waals surface area (Å²) in [4.78, 5) is 14.7. The van der Waals surface area contributed by atoms with E-state index in [0.29, 0.717) is 19.5 Å². The van der Waals surface area contributed by atoms with Crippen LogP contribution in [0.2, 0.25) is 0 Å². The number of benzene rings is 1. The first-order chi connectivity index (χ1) is 8.33. The third-order valence-corrected chi connectivity index (χ3v) is 2.61. The third-order valence-electron chi connectivity index (χ3n) is 2.61. The van der Waals surface area contributed by atoms with Crippen molar-refractivity contribution >= 4 is 10.8 Å². The van der Waals surface area contributed by atoms with Crippen LogP contribution in [0.15, 0.2) is 46.4 Å². The maximum atomic E-state index is 12.1. The second-order valence-electron chi connectivity index (χ2n) is 3.71. The second-order valence-corrected chi connectivity index (χ2v) is 3.71. The van der Waals surface area contributed by atoms with E-state index in [9.17, 15) is 4.79 Å². The number of aryl methyl sites for hydroxylation is 1. The van der Waals surface area contributed by atoms with Crippen molar-refractivity contribution in [1.29, 1.82) is 0 Å². The minimum absolute atomic E-state index is 0.00374. The number of pyridine rings is 1. The Hall–Kier alpha value is -2.26. The minimum atomic E-state index is 0.00374. The van der Waals surface area contributed by atoms with E-state index in [4.69, 9.17) is 5.53 Å². The summed E-state index contributed by atoms with van der Waals surface area (Å²) in [6.07, 6.45) is 2.45. The van der Waals surface area contributed by atoms with Gasteiger partial charge in [0, 0.05) is 29.6 Å². The van der Waals surface area contributed by atoms with Gasteiger partial charge < -0.3 is 4.57 Å². The molecule has 1 aromatic carbocycles. The van der Waals surface area contributed by atoms with Crippen LogP contribution in [0.5, 0.6) is 0 Å². The van der Waals surface area contributed by atoms with Gasteiger partial charge in [-0.3, -0.25) is 4.79 Å². The topological polar surface area (TPSA) is 70.8 Å². The van der Waals surface area contributed by atoms with E-state index in [1.807, 2.05) is 30.3 Å². The molecule has 0 N–H and O–H groups in total. The number of rotatable bonds is 4. The predicted octanol–water partition coefficient (Wildman–Crippen LogP) is 2.70. The first kappa shape index (κ1) is 11.2. The van der Waals surface area contributed by atoms with Gasteiger partial charge in [0.15, 0.2) is 0 Å². The van der Waals surface area contributed by atoms with Gasteiger partial charge in [-0.2, -0.15) is 0 Å². The van der Waals surface area contributed by atoms with Gasteiger partial charge in [-0.15, -0.1) is 0 Å². The van der Waals surface area contributed by atoms with E-state index in [0.717, 1.165) is 10.8 Å². The van der Waals surface area contributed by atoms with Crippen LogP contribution in [0.1, 0.15) is 6.42 Å². The molecular weight excluding hydrogens is 216 g/mol. The standard InChI is InChI=1S/C12H12N4O/c13-15-14-7-3-8-16-9-6-10-4-1-2-5-11(10)12(16)17/h1-2,4-6,9H,3,7-8H2. The minimum Gasteiger partial charge on any atom is -0.315 e. The van der Waals surface area contributed by atoms with E-state index in [2.05, 4.69) is 10.0 Å². The Kier molecular flexibility index (Phi) is 3.43. The highest BCUT2D eigenvalue weighted by atomic mass is 16.1. The first-order valence-electron chi connectivity index (χ1n) is 5.42. The summed E-state index contributed by atoms with van der Waals surface area (Å²) in [5.74, 6) is 0. The fraction of sp³-hybridized carbons (Fsp3) is 0.250. The summed E-state index contributed by atoms with van der Waals surface area (Å²) in [6, 6.07) is 9.43. The molecule has 2 aromatic rings. The largest absolute Gasteiger partial charge is 0.315 e. The van der Waals surface area contributed by atoms with Gasteiger partial charge in [0.2, 0.25) is 0 Å². The summed E-state index contributed by atoms with van der Waals surface area (Å²) in [7, 11) is 0. The highest BCUT2D eigenvalue weighted by Gasteiger charge is 2.00. The number of aromatic nitrogens is 1. The normalized spacial score (nSPS) is 10.1.